The van der Waals surface area contributed by atoms with Crippen LogP contribution in [0.5, 0.6) is 0 Å². The lowest BCUT2D eigenvalue weighted by atomic mass is 10.1. The minimum atomic E-state index is -1.000. The molecule has 19 heavy (non-hydrogen) atoms. The van der Waals surface area contributed by atoms with E-state index in [-0.39, 0.29) is 11.9 Å². The highest BCUT2D eigenvalue weighted by Crippen LogP contribution is 2.22. The van der Waals surface area contributed by atoms with E-state index in [9.17, 15) is 9.59 Å². The largest absolute Gasteiger partial charge is 0.480 e. The fraction of sp³-hybridized carbons (Fsp3) is 0.429. The van der Waals surface area contributed by atoms with Crippen LogP contribution in [0.3, 0.4) is 0 Å². The van der Waals surface area contributed by atoms with Crippen LogP contribution >= 0.6 is 0 Å². The van der Waals surface area contributed by atoms with Gasteiger partial charge in [-0.25, -0.2) is 9.59 Å². The van der Waals surface area contributed by atoms with Crippen molar-refractivity contribution in [2.45, 2.75) is 33.0 Å². The number of rotatable bonds is 3. The minimum absolute atomic E-state index is 0.147. The first kappa shape index (κ1) is 13.4. The third-order valence-corrected chi connectivity index (χ3v) is 3.34. The minimum Gasteiger partial charge on any atom is -0.480 e. The van der Waals surface area contributed by atoms with Crippen LogP contribution in [0.15, 0.2) is 24.3 Å². The number of nitrogens with zero attached hydrogens (tertiary/aromatic N) is 1. The Morgan fingerprint density at radius 2 is 1.74 bits per heavy atom. The van der Waals surface area contributed by atoms with E-state index in [0.717, 1.165) is 11.1 Å². The molecule has 2 N–H and O–H groups in total. The molecule has 0 bridgehead atoms. The number of urea groups is 1. The van der Waals surface area contributed by atoms with E-state index in [1.165, 1.54) is 0 Å². The normalized spacial score (nSPS) is 15.2. The summed E-state index contributed by atoms with van der Waals surface area (Å²) in [7, 11) is 0. The van der Waals surface area contributed by atoms with Gasteiger partial charge in [-0.15, -0.1) is 0 Å². The van der Waals surface area contributed by atoms with Gasteiger partial charge >= 0.3 is 12.0 Å². The molecule has 0 radical (unpaired) electrons. The van der Waals surface area contributed by atoms with Crippen molar-refractivity contribution < 1.29 is 14.7 Å². The molecule has 5 heteroatoms. The first-order valence-corrected chi connectivity index (χ1v) is 6.34. The van der Waals surface area contributed by atoms with Crippen LogP contribution in [0.4, 0.5) is 4.79 Å². The van der Waals surface area contributed by atoms with E-state index < -0.39 is 12.0 Å². The van der Waals surface area contributed by atoms with Crippen LogP contribution in [0, 0.1) is 5.92 Å². The number of hydrogen-bond donors (Lipinski definition) is 2. The summed E-state index contributed by atoms with van der Waals surface area (Å²) in [6.07, 6.45) is 0. The summed E-state index contributed by atoms with van der Waals surface area (Å²) in [6.45, 7) is 4.62. The molecule has 102 valence electrons. The molecule has 0 saturated heterocycles. The van der Waals surface area contributed by atoms with Gasteiger partial charge < -0.3 is 15.3 Å². The lowest BCUT2D eigenvalue weighted by molar-refractivity contribution is -0.140. The Bertz CT molecular complexity index is 474. The topological polar surface area (TPSA) is 69.6 Å². The van der Waals surface area contributed by atoms with Crippen molar-refractivity contribution in [2.75, 3.05) is 0 Å². The Balaban J connectivity index is 2.01. The highest BCUT2D eigenvalue weighted by molar-refractivity contribution is 5.83. The van der Waals surface area contributed by atoms with E-state index in [0.29, 0.717) is 13.1 Å². The van der Waals surface area contributed by atoms with Gasteiger partial charge in [-0.3, -0.25) is 0 Å². The average molecular weight is 262 g/mol. The van der Waals surface area contributed by atoms with Crippen molar-refractivity contribution in [2.24, 2.45) is 5.92 Å². The second-order valence-corrected chi connectivity index (χ2v) is 5.13. The first-order valence-electron chi connectivity index (χ1n) is 6.34. The molecule has 1 aromatic carbocycles. The van der Waals surface area contributed by atoms with Gasteiger partial charge in [0.1, 0.15) is 6.04 Å². The van der Waals surface area contributed by atoms with Crippen LogP contribution in [-0.2, 0) is 17.9 Å². The number of aliphatic carboxylic acids is 1. The number of carboxylic acids is 1. The number of hydrogen-bond acceptors (Lipinski definition) is 2. The number of carbonyl (C=O) groups excluding carboxylic acids is 1. The number of carbonyl (C=O) groups is 2. The van der Waals surface area contributed by atoms with Gasteiger partial charge in [0.2, 0.25) is 0 Å². The van der Waals surface area contributed by atoms with E-state index in [4.69, 9.17) is 5.11 Å². The number of amides is 2. The second-order valence-electron chi connectivity index (χ2n) is 5.13. The number of fused-ring (bicyclic) bond motifs is 1. The summed E-state index contributed by atoms with van der Waals surface area (Å²) in [6, 6.07) is 6.68. The molecule has 5 nitrogen and oxygen atoms in total. The van der Waals surface area contributed by atoms with Gasteiger partial charge in [0, 0.05) is 13.1 Å². The fourth-order valence-corrected chi connectivity index (χ4v) is 2.21. The summed E-state index contributed by atoms with van der Waals surface area (Å²) in [4.78, 5) is 24.8. The van der Waals surface area contributed by atoms with Crippen LogP contribution in [-0.4, -0.2) is 28.0 Å². The Labute approximate surface area is 112 Å². The predicted molar refractivity (Wildman–Crippen MR) is 70.5 cm³/mol. The smallest absolute Gasteiger partial charge is 0.326 e. The summed E-state index contributed by atoms with van der Waals surface area (Å²) in [5.41, 5.74) is 2.24. The van der Waals surface area contributed by atoms with Crippen molar-refractivity contribution >= 4 is 12.0 Å². The predicted octanol–water partition coefficient (Wildman–Crippen LogP) is 1.82. The highest BCUT2D eigenvalue weighted by atomic mass is 16.4. The van der Waals surface area contributed by atoms with E-state index in [2.05, 4.69) is 5.32 Å². The SMILES string of the molecule is CC(C)[C@H](NC(=O)N1Cc2ccccc2C1)C(=O)O. The van der Waals surface area contributed by atoms with Gasteiger partial charge in [-0.1, -0.05) is 38.1 Å². The van der Waals surface area contributed by atoms with Crippen LogP contribution in [0.25, 0.3) is 0 Å². The molecule has 1 aliphatic heterocycles. The molecule has 0 fully saturated rings. The number of benzene rings is 1. The molecule has 0 spiro atoms. The molecule has 0 aliphatic carbocycles. The second kappa shape index (κ2) is 5.30. The Kier molecular flexibility index (Phi) is 3.74. The van der Waals surface area contributed by atoms with Crippen LogP contribution in [0.2, 0.25) is 0 Å². The standard InChI is InChI=1S/C14H18N2O3/c1-9(2)12(13(17)18)15-14(19)16-7-10-5-3-4-6-11(10)8-16/h3-6,9,12H,7-8H2,1-2H3,(H,15,19)(H,17,18)/t12-/m0/s1. The Morgan fingerprint density at radius 3 is 2.16 bits per heavy atom. The van der Waals surface area contributed by atoms with E-state index >= 15 is 0 Å². The summed E-state index contributed by atoms with van der Waals surface area (Å²) in [5.74, 6) is -1.15. The number of nitrogens with one attached hydrogen (secondary N) is 1. The molecule has 1 aliphatic rings. The van der Waals surface area contributed by atoms with Crippen molar-refractivity contribution in [3.05, 3.63) is 35.4 Å². The third kappa shape index (κ3) is 2.86. The molecule has 1 atom stereocenters. The summed E-state index contributed by atoms with van der Waals surface area (Å²) < 4.78 is 0. The van der Waals surface area contributed by atoms with Crippen molar-refractivity contribution in [3.8, 4) is 0 Å². The zero-order valence-corrected chi connectivity index (χ0v) is 11.1. The molecule has 0 aromatic heterocycles. The van der Waals surface area contributed by atoms with Crippen molar-refractivity contribution in [1.82, 2.24) is 10.2 Å². The van der Waals surface area contributed by atoms with Gasteiger partial charge in [-0.05, 0) is 17.0 Å². The van der Waals surface area contributed by atoms with Gasteiger partial charge in [0.15, 0.2) is 0 Å². The molecule has 0 saturated carbocycles. The average Bonchev–Trinajstić information content (AvgIpc) is 2.78. The quantitative estimate of drug-likeness (QED) is 0.873. The zero-order valence-electron chi connectivity index (χ0n) is 11.1. The van der Waals surface area contributed by atoms with Gasteiger partial charge in [0.25, 0.3) is 0 Å². The van der Waals surface area contributed by atoms with Gasteiger partial charge in [0.05, 0.1) is 0 Å². The van der Waals surface area contributed by atoms with E-state index in [1.807, 2.05) is 24.3 Å². The fourth-order valence-electron chi connectivity index (χ4n) is 2.21. The molecular weight excluding hydrogens is 244 g/mol. The van der Waals surface area contributed by atoms with Crippen LogP contribution in [0.1, 0.15) is 25.0 Å². The Hall–Kier alpha value is -2.04. The third-order valence-electron chi connectivity index (χ3n) is 3.34. The zero-order chi connectivity index (χ0) is 14.0. The summed E-state index contributed by atoms with van der Waals surface area (Å²) >= 11 is 0. The van der Waals surface area contributed by atoms with E-state index in [1.54, 1.807) is 18.7 Å². The molecule has 1 aromatic rings. The highest BCUT2D eigenvalue weighted by Gasteiger charge is 2.28. The van der Waals surface area contributed by atoms with Crippen LogP contribution < -0.4 is 5.32 Å². The lowest BCUT2D eigenvalue weighted by Gasteiger charge is -2.22. The Morgan fingerprint density at radius 1 is 1.21 bits per heavy atom. The maximum atomic E-state index is 12.1. The molecule has 2 amide bonds. The monoisotopic (exact) mass is 262 g/mol. The van der Waals surface area contributed by atoms with Crippen molar-refractivity contribution in [3.63, 3.8) is 0 Å². The maximum Gasteiger partial charge on any atom is 0.326 e. The lowest BCUT2D eigenvalue weighted by Crippen LogP contribution is -2.48. The molecule has 0 unspecified atom stereocenters. The molecular formula is C14H18N2O3. The summed E-state index contributed by atoms with van der Waals surface area (Å²) in [5, 5.41) is 11.7. The number of carboxylic acid groups (broad SMARTS) is 1. The van der Waals surface area contributed by atoms with Gasteiger partial charge in [-0.2, -0.15) is 0 Å². The first-order chi connectivity index (χ1) is 8.99. The van der Waals surface area contributed by atoms with Crippen molar-refractivity contribution in [1.29, 1.82) is 0 Å². The maximum absolute atomic E-state index is 12.1. The molecule has 2 rings (SSSR count). The molecule has 1 heterocycles.